The van der Waals surface area contributed by atoms with E-state index in [1.165, 1.54) is 12.1 Å². The van der Waals surface area contributed by atoms with Crippen LogP contribution in [0.25, 0.3) is 5.69 Å². The number of nitrogens with zero attached hydrogens (tertiary/aromatic N) is 4. The van der Waals surface area contributed by atoms with Crippen molar-refractivity contribution in [2.75, 3.05) is 6.54 Å². The number of nitro groups is 1. The van der Waals surface area contributed by atoms with Crippen molar-refractivity contribution < 1.29 is 14.1 Å². The van der Waals surface area contributed by atoms with Crippen molar-refractivity contribution in [1.29, 1.82) is 0 Å². The van der Waals surface area contributed by atoms with E-state index in [4.69, 9.17) is 27.9 Å². The summed E-state index contributed by atoms with van der Waals surface area (Å²) in [6.45, 7) is 3.61. The van der Waals surface area contributed by atoms with Crippen molar-refractivity contribution in [3.8, 4) is 11.4 Å². The predicted molar refractivity (Wildman–Crippen MR) is 138 cm³/mol. The molecule has 0 radical (unpaired) electrons. The number of hydrogen-bond donors (Lipinski definition) is 0. The van der Waals surface area contributed by atoms with Gasteiger partial charge in [-0.15, -0.1) is 10.2 Å². The van der Waals surface area contributed by atoms with Gasteiger partial charge in [0, 0.05) is 10.6 Å². The zero-order chi connectivity index (χ0) is 25.8. The highest BCUT2D eigenvalue weighted by atomic mass is 35.5. The Morgan fingerprint density at radius 3 is 2.31 bits per heavy atom. The first-order valence-electron chi connectivity index (χ1n) is 10.8. The van der Waals surface area contributed by atoms with Crippen molar-refractivity contribution in [2.24, 2.45) is 0 Å². The lowest BCUT2D eigenvalue weighted by Gasteiger charge is -2.17. The van der Waals surface area contributed by atoms with Crippen LogP contribution in [0, 0.1) is 29.8 Å². The van der Waals surface area contributed by atoms with Gasteiger partial charge >= 0.3 is 0 Å². The SMILES string of the molecule is Cc1ccc(COc2c(Cl)cc([C@H](C[N+](=O)[O-])Sc3nnc(C)n3-c3ccc(F)cc3)cc2Cl)cc1. The Balaban J connectivity index is 1.61. The molecule has 0 aliphatic carbocycles. The molecule has 0 saturated heterocycles. The number of rotatable bonds is 9. The molecule has 0 spiro atoms. The zero-order valence-corrected chi connectivity index (χ0v) is 21.6. The molecule has 0 aliphatic heterocycles. The molecule has 11 heteroatoms. The molecular formula is C25H21Cl2FN4O3S. The topological polar surface area (TPSA) is 83.1 Å². The molecular weight excluding hydrogens is 526 g/mol. The Bertz CT molecular complexity index is 1360. The Morgan fingerprint density at radius 1 is 1.06 bits per heavy atom. The van der Waals surface area contributed by atoms with E-state index in [9.17, 15) is 14.5 Å². The third-order valence-corrected chi connectivity index (χ3v) is 7.08. The molecule has 0 fully saturated rings. The van der Waals surface area contributed by atoms with Crippen LogP contribution in [0.15, 0.2) is 65.8 Å². The fraction of sp³-hybridized carbons (Fsp3) is 0.200. The molecule has 4 aromatic rings. The maximum atomic E-state index is 13.4. The highest BCUT2D eigenvalue weighted by Crippen LogP contribution is 2.42. The van der Waals surface area contributed by atoms with E-state index in [1.54, 1.807) is 35.8 Å². The summed E-state index contributed by atoms with van der Waals surface area (Å²) in [4.78, 5) is 11.1. The molecule has 7 nitrogen and oxygen atoms in total. The standard InChI is InChI=1S/C25H21Cl2FN4O3S/c1-15-3-5-17(6-4-15)14-35-24-21(26)11-18(12-22(24)27)23(13-31(33)34)36-25-30-29-16(2)32(25)20-9-7-19(28)8-10-20/h3-12,23H,13-14H2,1-2H3/t23-/m0/s1. The molecule has 0 unspecified atom stereocenters. The van der Waals surface area contributed by atoms with E-state index >= 15 is 0 Å². The van der Waals surface area contributed by atoms with Gasteiger partial charge in [-0.3, -0.25) is 14.7 Å². The highest BCUT2D eigenvalue weighted by molar-refractivity contribution is 7.99. The molecule has 1 atom stereocenters. The highest BCUT2D eigenvalue weighted by Gasteiger charge is 2.26. The van der Waals surface area contributed by atoms with Crippen LogP contribution in [0.3, 0.4) is 0 Å². The second-order valence-electron chi connectivity index (χ2n) is 8.05. The van der Waals surface area contributed by atoms with E-state index in [0.29, 0.717) is 28.0 Å². The molecule has 0 bridgehead atoms. The molecule has 186 valence electrons. The first kappa shape index (κ1) is 25.9. The summed E-state index contributed by atoms with van der Waals surface area (Å²) in [5.41, 5.74) is 3.27. The Kier molecular flexibility index (Phi) is 8.13. The minimum atomic E-state index is -0.677. The molecule has 0 aliphatic rings. The lowest BCUT2D eigenvalue weighted by atomic mass is 10.1. The van der Waals surface area contributed by atoms with E-state index in [0.717, 1.165) is 22.9 Å². The molecule has 1 heterocycles. The average molecular weight is 547 g/mol. The summed E-state index contributed by atoms with van der Waals surface area (Å²) in [6.07, 6.45) is 0. The second kappa shape index (κ2) is 11.3. The second-order valence-corrected chi connectivity index (χ2v) is 10.0. The molecule has 36 heavy (non-hydrogen) atoms. The van der Waals surface area contributed by atoms with Gasteiger partial charge < -0.3 is 4.74 Å². The quantitative estimate of drug-likeness (QED) is 0.127. The van der Waals surface area contributed by atoms with Crippen LogP contribution in [0.2, 0.25) is 10.0 Å². The fourth-order valence-electron chi connectivity index (χ4n) is 3.52. The lowest BCUT2D eigenvalue weighted by molar-refractivity contribution is -0.479. The monoisotopic (exact) mass is 546 g/mol. The number of aromatic nitrogens is 3. The smallest absolute Gasteiger partial charge is 0.220 e. The van der Waals surface area contributed by atoms with E-state index in [2.05, 4.69) is 10.2 Å². The summed E-state index contributed by atoms with van der Waals surface area (Å²) >= 11 is 14.1. The van der Waals surface area contributed by atoms with Crippen LogP contribution in [0.4, 0.5) is 4.39 Å². The van der Waals surface area contributed by atoms with E-state index in [-0.39, 0.29) is 22.5 Å². The molecule has 4 rings (SSSR count). The van der Waals surface area contributed by atoms with Gasteiger partial charge in [0.15, 0.2) is 10.9 Å². The molecule has 1 aromatic heterocycles. The van der Waals surface area contributed by atoms with Crippen molar-refractivity contribution in [1.82, 2.24) is 14.8 Å². The summed E-state index contributed by atoms with van der Waals surface area (Å²) in [7, 11) is 0. The summed E-state index contributed by atoms with van der Waals surface area (Å²) in [5, 5.41) is 20.0. The Hall–Kier alpha value is -3.14. The van der Waals surface area contributed by atoms with Crippen LogP contribution >= 0.6 is 35.0 Å². The Labute approximate surface area is 221 Å². The third kappa shape index (κ3) is 6.16. The number of benzene rings is 3. The van der Waals surface area contributed by atoms with Crippen LogP contribution < -0.4 is 4.74 Å². The fourth-order valence-corrected chi connectivity index (χ4v) is 5.29. The zero-order valence-electron chi connectivity index (χ0n) is 19.3. The number of hydrogen-bond acceptors (Lipinski definition) is 6. The van der Waals surface area contributed by atoms with Crippen molar-refractivity contribution in [3.63, 3.8) is 0 Å². The van der Waals surface area contributed by atoms with Crippen LogP contribution in [0.5, 0.6) is 5.75 Å². The van der Waals surface area contributed by atoms with Gasteiger partial charge in [0.2, 0.25) is 6.54 Å². The number of ether oxygens (including phenoxy) is 1. The average Bonchev–Trinajstić information content (AvgIpc) is 3.19. The number of aryl methyl sites for hydroxylation is 2. The molecule has 3 aromatic carbocycles. The predicted octanol–water partition coefficient (Wildman–Crippen LogP) is 7.02. The maximum Gasteiger partial charge on any atom is 0.220 e. The minimum Gasteiger partial charge on any atom is -0.486 e. The van der Waals surface area contributed by atoms with Crippen molar-refractivity contribution in [3.05, 3.63) is 109 Å². The first-order chi connectivity index (χ1) is 17.2. The number of halogens is 3. The normalized spacial score (nSPS) is 11.9. The van der Waals surface area contributed by atoms with Crippen LogP contribution in [-0.4, -0.2) is 26.2 Å². The van der Waals surface area contributed by atoms with Gasteiger partial charge in [0.25, 0.3) is 0 Å². The van der Waals surface area contributed by atoms with Crippen LogP contribution in [-0.2, 0) is 6.61 Å². The van der Waals surface area contributed by atoms with Gasteiger partial charge in [-0.2, -0.15) is 0 Å². The van der Waals surface area contributed by atoms with Gasteiger partial charge in [-0.05, 0) is 61.4 Å². The largest absolute Gasteiger partial charge is 0.486 e. The minimum absolute atomic E-state index is 0.245. The maximum absolute atomic E-state index is 13.4. The van der Waals surface area contributed by atoms with Gasteiger partial charge in [-0.1, -0.05) is 64.8 Å². The van der Waals surface area contributed by atoms with Crippen molar-refractivity contribution >= 4 is 35.0 Å². The Morgan fingerprint density at radius 2 is 1.69 bits per heavy atom. The van der Waals surface area contributed by atoms with E-state index < -0.39 is 16.7 Å². The lowest BCUT2D eigenvalue weighted by Crippen LogP contribution is -2.11. The molecule has 0 N–H and O–H groups in total. The summed E-state index contributed by atoms with van der Waals surface area (Å²) in [6, 6.07) is 16.9. The summed E-state index contributed by atoms with van der Waals surface area (Å²) < 4.78 is 21.0. The van der Waals surface area contributed by atoms with Crippen LogP contribution in [0.1, 0.15) is 27.8 Å². The first-order valence-corrected chi connectivity index (χ1v) is 12.5. The van der Waals surface area contributed by atoms with Gasteiger partial charge in [-0.25, -0.2) is 4.39 Å². The third-order valence-electron chi connectivity index (χ3n) is 5.34. The molecule has 0 saturated carbocycles. The molecule has 0 amide bonds. The van der Waals surface area contributed by atoms with Gasteiger partial charge in [0.05, 0.1) is 10.0 Å². The summed E-state index contributed by atoms with van der Waals surface area (Å²) in [5.74, 6) is 0.483. The van der Waals surface area contributed by atoms with Crippen molar-refractivity contribution in [2.45, 2.75) is 30.9 Å². The number of thioether (sulfide) groups is 1. The van der Waals surface area contributed by atoms with E-state index in [1.807, 2.05) is 31.2 Å². The van der Waals surface area contributed by atoms with Gasteiger partial charge in [0.1, 0.15) is 23.5 Å².